The molecule has 6 nitrogen and oxygen atoms in total. The van der Waals surface area contributed by atoms with Crippen LogP contribution < -0.4 is 5.73 Å². The maximum absolute atomic E-state index is 12.9. The minimum Gasteiger partial charge on any atom is -0.351 e. The number of nitrogens with zero attached hydrogens (tertiary/aromatic N) is 3. The van der Waals surface area contributed by atoms with E-state index in [2.05, 4.69) is 29.2 Å². The SMILES string of the molecule is NC(=O)N1CCC(CC(=O)N2CCN(C(c3ccc(Cl)cc3)c3ccc(Cl)cc3)CC2)CC1.S=S=S=S=S=S=S=S=S=S=S=S=S=S=S=S=S=S=S=S=S=S=S=S=S=S=S=S=S=S=S=S=S=S=S=S=S=S=S=S=S=S=S=S=S=S=S=S=S. The van der Waals surface area contributed by atoms with E-state index in [1.165, 1.54) is 28.9 Å². The van der Waals surface area contributed by atoms with E-state index in [9.17, 15) is 9.59 Å². The number of hydrogen-bond donors (Lipinski definition) is 1. The molecule has 2 aromatic carbocycles. The van der Waals surface area contributed by atoms with Crippen LogP contribution in [0.4, 0.5) is 4.79 Å². The number of piperidine rings is 1. The Balaban J connectivity index is 0.000000460. The fraction of sp³-hybridized carbons (Fsp3) is 0.440. The predicted molar refractivity (Wildman–Crippen MR) is 492 cm³/mol. The number of likely N-dealkylation sites (tertiary alicyclic amines) is 1. The van der Waals surface area contributed by atoms with Gasteiger partial charge < -0.3 is 15.5 Å². The molecule has 2 aromatic rings. The Hall–Kier alpha value is 8.50. The highest BCUT2D eigenvalue weighted by atomic mass is 35.5. The third kappa shape index (κ3) is 48.3. The van der Waals surface area contributed by atoms with Crippen molar-refractivity contribution in [2.45, 2.75) is 25.3 Å². The Bertz CT molecular complexity index is 4610. The van der Waals surface area contributed by atoms with Crippen molar-refractivity contribution in [3.05, 3.63) is 69.7 Å². The second-order valence-corrected chi connectivity index (χ2v) is 96.1. The average molecular weight is 2060 g/mol. The van der Waals surface area contributed by atoms with Crippen molar-refractivity contribution in [2.75, 3.05) is 39.3 Å². The molecular formula is C25H30Cl2N4O2S49. The van der Waals surface area contributed by atoms with Crippen LogP contribution >= 0.6 is 23.2 Å². The van der Waals surface area contributed by atoms with Crippen molar-refractivity contribution in [1.29, 1.82) is 0 Å². The second kappa shape index (κ2) is 63.0. The first kappa shape index (κ1) is 84.7. The van der Waals surface area contributed by atoms with Gasteiger partial charge in [0, 0.05) is 495 Å². The molecule has 2 aliphatic heterocycles. The van der Waals surface area contributed by atoms with Gasteiger partial charge in [-0.05, 0) is 54.2 Å². The van der Waals surface area contributed by atoms with Crippen LogP contribution in [-0.4, -0.2) is 65.9 Å². The number of amides is 3. The molecule has 0 atom stereocenters. The predicted octanol–water partition coefficient (Wildman–Crippen LogP) is 4.29. The minimum atomic E-state index is -0.369. The van der Waals surface area contributed by atoms with Crippen LogP contribution in [0.15, 0.2) is 48.5 Å². The van der Waals surface area contributed by atoms with Gasteiger partial charge in [-0.25, -0.2) is 4.79 Å². The molecular weight excluding hydrogens is 2030 g/mol. The van der Waals surface area contributed by atoms with Crippen molar-refractivity contribution >= 4 is 475 Å². The summed E-state index contributed by atoms with van der Waals surface area (Å²) in [5.41, 5.74) is 7.70. The molecule has 2 fully saturated rings. The third-order valence-corrected chi connectivity index (χ3v) is 111. The van der Waals surface area contributed by atoms with Crippen molar-refractivity contribution in [2.24, 2.45) is 11.7 Å². The van der Waals surface area contributed by atoms with Crippen LogP contribution in [0.25, 0.3) is 0 Å². The van der Waals surface area contributed by atoms with Crippen LogP contribution in [-0.2, 0) is 445 Å². The van der Waals surface area contributed by atoms with Gasteiger partial charge in [0.1, 0.15) is 0 Å². The Morgan fingerprint density at radius 3 is 0.829 bits per heavy atom. The van der Waals surface area contributed by atoms with Crippen LogP contribution in [0.2, 0.25) is 10.0 Å². The number of benzene rings is 2. The number of nitrogens with two attached hydrogens (primary N) is 1. The van der Waals surface area contributed by atoms with E-state index >= 15 is 0 Å². The smallest absolute Gasteiger partial charge is 0.314 e. The van der Waals surface area contributed by atoms with E-state index in [4.69, 9.17) is 51.3 Å². The van der Waals surface area contributed by atoms with E-state index in [-0.39, 0.29) is 18.0 Å². The monoisotopic (exact) mass is 2050 g/mol. The quantitative estimate of drug-likeness (QED) is 0.485. The van der Waals surface area contributed by atoms with E-state index < -0.39 is 0 Å². The lowest BCUT2D eigenvalue weighted by molar-refractivity contribution is -0.134. The number of carbonyl (C=O) groups excluding carboxylic acids is 2. The summed E-state index contributed by atoms with van der Waals surface area (Å²) in [6.07, 6.45) is 2.22. The van der Waals surface area contributed by atoms with Crippen LogP contribution in [0.3, 0.4) is 0 Å². The molecule has 0 bridgehead atoms. The molecule has 57 heteroatoms. The zero-order chi connectivity index (χ0) is 58.6. The van der Waals surface area contributed by atoms with E-state index in [1.54, 1.807) is 111 Å². The second-order valence-electron chi connectivity index (χ2n) is 12.1. The molecule has 0 aliphatic carbocycles. The molecule has 82 heavy (non-hydrogen) atoms. The van der Waals surface area contributed by atoms with Crippen LogP contribution in [0, 0.1) is 5.92 Å². The number of primary amides is 1. The summed E-state index contributed by atoms with van der Waals surface area (Å²) in [6.45, 7) is 4.28. The lowest BCUT2D eigenvalue weighted by Gasteiger charge is -2.40. The molecule has 4 rings (SSSR count). The average Bonchev–Trinajstić information content (AvgIpc) is 3.53. The standard InChI is InChI=1S/C25H30Cl2N4O2.S49/c26-21-5-1-19(2-6-21)24(20-3-7-22(27)8-4-20)30-15-13-29(14-16-30)23(32)17-18-9-11-31(12-10-18)25(28)33;1-3-5-7-9-11-13-15-17-19-21-23-25-27-29-31-33-35-37-39-41-43-45-47-49-48-46-44-42-40-38-36-34-32-30-28-26-24-22-20-18-16-14-12-10-8-6-4-2/h1-8,18,24H,9-17H2,(H2,28,33);. The summed E-state index contributed by atoms with van der Waals surface area (Å²) in [4.78, 5) is 30.3. The Morgan fingerprint density at radius 2 is 0.610 bits per heavy atom. The highest BCUT2D eigenvalue weighted by Crippen LogP contribution is 2.32. The molecule has 3 amide bonds. The number of rotatable bonds is 5. The minimum absolute atomic E-state index is 0.0786. The molecule has 0 radical (unpaired) electrons. The molecule has 2 N–H and O–H groups in total. The maximum Gasteiger partial charge on any atom is 0.314 e. The van der Waals surface area contributed by atoms with Gasteiger partial charge >= 0.3 is 6.03 Å². The number of hydrogen-bond acceptors (Lipinski definition) is 5. The summed E-state index contributed by atoms with van der Waals surface area (Å²) >= 11 is 21.9. The lowest BCUT2D eigenvalue weighted by Crippen LogP contribution is -2.50. The normalized spacial score (nSPS) is 11.9. The first-order chi connectivity index (χ1) is 40.3. The molecule has 0 aromatic heterocycles. The number of halogens is 2. The first-order valence-electron chi connectivity index (χ1n) is 19.5. The number of urea groups is 1. The van der Waals surface area contributed by atoms with Gasteiger partial charge in [0.15, 0.2) is 0 Å². The number of piperazine rings is 1. The molecule has 0 saturated carbocycles. The van der Waals surface area contributed by atoms with Crippen molar-refractivity contribution < 1.29 is 9.59 Å². The summed E-state index contributed by atoms with van der Waals surface area (Å²) in [5, 5.41) is 1.43. The lowest BCUT2D eigenvalue weighted by atomic mass is 9.93. The number of carbonyl (C=O) groups is 2. The van der Waals surface area contributed by atoms with E-state index in [1.807, 2.05) is 322 Å². The van der Waals surface area contributed by atoms with Gasteiger partial charge in [0.25, 0.3) is 0 Å². The third-order valence-electron chi connectivity index (χ3n) is 8.07. The highest BCUT2D eigenvalue weighted by Gasteiger charge is 2.30. The van der Waals surface area contributed by atoms with Gasteiger partial charge in [-0.2, -0.15) is 0 Å². The Labute approximate surface area is 630 Å². The van der Waals surface area contributed by atoms with Crippen LogP contribution in [0.5, 0.6) is 0 Å². The topological polar surface area (TPSA) is 69.9 Å². The summed E-state index contributed by atoms with van der Waals surface area (Å²) < 4.78 is 0. The Morgan fingerprint density at radius 1 is 0.378 bits per heavy atom. The largest absolute Gasteiger partial charge is 0.351 e. The van der Waals surface area contributed by atoms with Gasteiger partial charge in [0.2, 0.25) is 5.91 Å². The van der Waals surface area contributed by atoms with E-state index in [0.717, 1.165) is 25.9 Å². The van der Waals surface area contributed by atoms with Gasteiger partial charge in [-0.1, -0.05) is 47.5 Å². The van der Waals surface area contributed by atoms with Gasteiger partial charge in [0.05, 0.1) is 6.04 Å². The Kier molecular flexibility index (Phi) is 65.1. The molecule has 0 unspecified atom stereocenters. The van der Waals surface area contributed by atoms with Crippen molar-refractivity contribution in [1.82, 2.24) is 14.7 Å². The van der Waals surface area contributed by atoms with Crippen molar-refractivity contribution in [3.8, 4) is 0 Å². The summed E-state index contributed by atoms with van der Waals surface area (Å²) in [5.74, 6) is 0.531. The fourth-order valence-electron chi connectivity index (χ4n) is 5.38. The highest BCUT2D eigenvalue weighted by molar-refractivity contribution is 8.82. The molecule has 0 spiro atoms. The summed E-state index contributed by atoms with van der Waals surface area (Å²) in [6, 6.07) is 15.7. The zero-order valence-electron chi connectivity index (χ0n) is 38.6. The van der Waals surface area contributed by atoms with Gasteiger partial charge in [-0.3, -0.25) is 9.69 Å². The van der Waals surface area contributed by atoms with E-state index in [0.29, 0.717) is 48.6 Å². The molecule has 470 valence electrons. The molecule has 2 saturated heterocycles. The van der Waals surface area contributed by atoms with Crippen LogP contribution in [0.1, 0.15) is 36.4 Å². The van der Waals surface area contributed by atoms with Gasteiger partial charge in [-0.15, -0.1) is 0 Å². The zero-order valence-corrected chi connectivity index (χ0v) is 80.2. The fourth-order valence-corrected chi connectivity index (χ4v) is 129. The van der Waals surface area contributed by atoms with Crippen molar-refractivity contribution in [3.63, 3.8) is 0 Å². The molecule has 2 heterocycles. The first-order valence-corrected chi connectivity index (χ1v) is 84.2. The summed E-state index contributed by atoms with van der Waals surface area (Å²) in [7, 11) is 83.9. The maximum atomic E-state index is 12.9. The molecule has 2 aliphatic rings.